The van der Waals surface area contributed by atoms with E-state index in [-0.39, 0.29) is 26.4 Å². The molecule has 0 aliphatic rings. The molecule has 0 aromatic rings. The van der Waals surface area contributed by atoms with Crippen molar-refractivity contribution in [3.8, 4) is 0 Å². The van der Waals surface area contributed by atoms with E-state index >= 15 is 0 Å². The summed E-state index contributed by atoms with van der Waals surface area (Å²) in [6.07, 6.45) is 0. The van der Waals surface area contributed by atoms with Crippen molar-refractivity contribution < 1.29 is 33.6 Å². The Morgan fingerprint density at radius 3 is 0.833 bits per heavy atom. The molecule has 10 heteroatoms. The van der Waals surface area contributed by atoms with E-state index in [4.69, 9.17) is 0 Å². The predicted octanol–water partition coefficient (Wildman–Crippen LogP) is 0.608. The molecule has 0 N–H and O–H groups in total. The first-order chi connectivity index (χ1) is 8.24. The average Bonchev–Trinajstić information content (AvgIpc) is 2.17. The van der Waals surface area contributed by atoms with Gasteiger partial charge in [0, 0.05) is 0 Å². The van der Waals surface area contributed by atoms with Crippen LogP contribution in [0.1, 0.15) is 27.7 Å². The van der Waals surface area contributed by atoms with Gasteiger partial charge in [0.15, 0.2) is 0 Å². The maximum Gasteiger partial charge on any atom is 0.399 e. The van der Waals surface area contributed by atoms with Crippen molar-refractivity contribution in [1.82, 2.24) is 0 Å². The molecule has 0 radical (unpaired) electrons. The Kier molecular flexibility index (Phi) is 11.9. The van der Waals surface area contributed by atoms with Gasteiger partial charge in [-0.3, -0.25) is 0 Å². The Balaban J connectivity index is 0. The fourth-order valence-corrected chi connectivity index (χ4v) is 1.94. The van der Waals surface area contributed by atoms with Gasteiger partial charge in [-0.15, -0.1) is 0 Å². The maximum absolute atomic E-state index is 10.4. The average molecular weight is 308 g/mol. The second kappa shape index (κ2) is 10.6. The van der Waals surface area contributed by atoms with E-state index in [0.29, 0.717) is 0 Å². The van der Waals surface area contributed by atoms with Crippen molar-refractivity contribution in [2.45, 2.75) is 27.7 Å². The SMILES string of the molecule is CCOS(=O)(=O)OCC.CCOS(=O)(=O)OCC. The Hall–Kier alpha value is -0.260. The van der Waals surface area contributed by atoms with Crippen LogP contribution in [-0.2, 0) is 37.5 Å². The highest BCUT2D eigenvalue weighted by molar-refractivity contribution is 7.82. The van der Waals surface area contributed by atoms with Crippen molar-refractivity contribution in [2.24, 2.45) is 0 Å². The van der Waals surface area contributed by atoms with Crippen molar-refractivity contribution in [1.29, 1.82) is 0 Å². The minimum absolute atomic E-state index is 0.113. The monoisotopic (exact) mass is 308 g/mol. The van der Waals surface area contributed by atoms with Gasteiger partial charge in [-0.1, -0.05) is 0 Å². The van der Waals surface area contributed by atoms with E-state index < -0.39 is 20.8 Å². The summed E-state index contributed by atoms with van der Waals surface area (Å²) in [6, 6.07) is 0. The van der Waals surface area contributed by atoms with Gasteiger partial charge in [0.05, 0.1) is 26.4 Å². The van der Waals surface area contributed by atoms with Crippen LogP contribution in [0.15, 0.2) is 0 Å². The first kappa shape index (κ1) is 20.1. The van der Waals surface area contributed by atoms with Crippen LogP contribution in [0.2, 0.25) is 0 Å². The van der Waals surface area contributed by atoms with E-state index in [1.54, 1.807) is 27.7 Å². The zero-order valence-corrected chi connectivity index (χ0v) is 12.5. The lowest BCUT2D eigenvalue weighted by Gasteiger charge is -1.99. The largest absolute Gasteiger partial charge is 0.399 e. The fraction of sp³-hybridized carbons (Fsp3) is 1.00. The lowest BCUT2D eigenvalue weighted by atomic mass is 10.9. The highest BCUT2D eigenvalue weighted by Gasteiger charge is 2.07. The summed E-state index contributed by atoms with van der Waals surface area (Å²) in [4.78, 5) is 0. The molecule has 0 bridgehead atoms. The molecular weight excluding hydrogens is 288 g/mol. The third-order valence-corrected chi connectivity index (χ3v) is 3.15. The maximum atomic E-state index is 10.4. The zero-order valence-electron chi connectivity index (χ0n) is 10.9. The Morgan fingerprint density at radius 2 is 0.722 bits per heavy atom. The molecule has 0 aromatic carbocycles. The summed E-state index contributed by atoms with van der Waals surface area (Å²) >= 11 is 0. The summed E-state index contributed by atoms with van der Waals surface area (Å²) in [7, 11) is -7.36. The molecule has 0 spiro atoms. The van der Waals surface area contributed by atoms with Crippen molar-refractivity contribution in [3.05, 3.63) is 0 Å². The van der Waals surface area contributed by atoms with E-state index in [1.807, 2.05) is 0 Å². The highest BCUT2D eigenvalue weighted by atomic mass is 32.3. The molecule has 18 heavy (non-hydrogen) atoms. The number of hydrogen-bond acceptors (Lipinski definition) is 8. The van der Waals surface area contributed by atoms with E-state index in [0.717, 1.165) is 0 Å². The molecule has 0 saturated carbocycles. The molecule has 0 aromatic heterocycles. The van der Waals surface area contributed by atoms with Gasteiger partial charge in [-0.2, -0.15) is 16.8 Å². The summed E-state index contributed by atoms with van der Waals surface area (Å²) in [6.45, 7) is 6.77. The molecule has 0 aliphatic heterocycles. The summed E-state index contributed by atoms with van der Waals surface area (Å²) in [5.74, 6) is 0. The number of hydrogen-bond donors (Lipinski definition) is 0. The minimum Gasteiger partial charge on any atom is -0.248 e. The molecule has 0 amide bonds. The lowest BCUT2D eigenvalue weighted by Crippen LogP contribution is -2.09. The molecular formula is C8H20O8S2. The zero-order chi connectivity index (χ0) is 14.7. The molecule has 0 fully saturated rings. The normalized spacial score (nSPS) is 11.8. The Labute approximate surface area is 109 Å². The molecule has 0 rings (SSSR count). The molecule has 0 heterocycles. The fourth-order valence-electron chi connectivity index (χ4n) is 0.645. The smallest absolute Gasteiger partial charge is 0.248 e. The Bertz CT molecular complexity index is 310. The first-order valence-electron chi connectivity index (χ1n) is 5.32. The third kappa shape index (κ3) is 13.8. The molecule has 112 valence electrons. The third-order valence-electron chi connectivity index (χ3n) is 1.05. The second-order valence-electron chi connectivity index (χ2n) is 2.44. The van der Waals surface area contributed by atoms with Crippen molar-refractivity contribution in [3.63, 3.8) is 0 Å². The van der Waals surface area contributed by atoms with Crippen molar-refractivity contribution in [2.75, 3.05) is 26.4 Å². The highest BCUT2D eigenvalue weighted by Crippen LogP contribution is 1.93. The lowest BCUT2D eigenvalue weighted by molar-refractivity contribution is 0.229. The van der Waals surface area contributed by atoms with Crippen LogP contribution in [0.5, 0.6) is 0 Å². The molecule has 0 aliphatic carbocycles. The topological polar surface area (TPSA) is 105 Å². The van der Waals surface area contributed by atoms with Gasteiger partial charge < -0.3 is 0 Å². The van der Waals surface area contributed by atoms with Crippen LogP contribution in [0.3, 0.4) is 0 Å². The minimum atomic E-state index is -3.68. The van der Waals surface area contributed by atoms with Crippen LogP contribution in [0.25, 0.3) is 0 Å². The molecule has 8 nitrogen and oxygen atoms in total. The predicted molar refractivity (Wildman–Crippen MR) is 64.3 cm³/mol. The quantitative estimate of drug-likeness (QED) is 0.642. The van der Waals surface area contributed by atoms with Crippen molar-refractivity contribution >= 4 is 20.8 Å². The van der Waals surface area contributed by atoms with Gasteiger partial charge in [-0.25, -0.2) is 16.7 Å². The van der Waals surface area contributed by atoms with Crippen LogP contribution in [-0.4, -0.2) is 43.3 Å². The Morgan fingerprint density at radius 1 is 0.556 bits per heavy atom. The molecule has 0 unspecified atom stereocenters. The van der Waals surface area contributed by atoms with E-state index in [1.165, 1.54) is 0 Å². The van der Waals surface area contributed by atoms with Crippen LogP contribution in [0, 0.1) is 0 Å². The van der Waals surface area contributed by atoms with Gasteiger partial charge in [0.25, 0.3) is 0 Å². The van der Waals surface area contributed by atoms with Crippen LogP contribution < -0.4 is 0 Å². The second-order valence-corrected chi connectivity index (χ2v) is 5.02. The van der Waals surface area contributed by atoms with Crippen LogP contribution >= 0.6 is 0 Å². The molecule has 0 saturated heterocycles. The first-order valence-corrected chi connectivity index (χ1v) is 7.98. The van der Waals surface area contributed by atoms with Gasteiger partial charge in [0.1, 0.15) is 0 Å². The van der Waals surface area contributed by atoms with E-state index in [9.17, 15) is 16.8 Å². The number of rotatable bonds is 8. The molecule has 0 atom stereocenters. The summed E-state index contributed by atoms with van der Waals surface area (Å²) in [5, 5.41) is 0. The van der Waals surface area contributed by atoms with E-state index in [2.05, 4.69) is 16.7 Å². The van der Waals surface area contributed by atoms with Crippen LogP contribution in [0.4, 0.5) is 0 Å². The van der Waals surface area contributed by atoms with Gasteiger partial charge >= 0.3 is 20.8 Å². The summed E-state index contributed by atoms with van der Waals surface area (Å²) < 4.78 is 58.4. The van der Waals surface area contributed by atoms with Gasteiger partial charge in [0.2, 0.25) is 0 Å². The van der Waals surface area contributed by atoms with Gasteiger partial charge in [-0.05, 0) is 27.7 Å². The standard InChI is InChI=1S/2C4H10O4S/c2*1-3-7-9(5,6)8-4-2/h2*3-4H2,1-2H3. The summed E-state index contributed by atoms with van der Waals surface area (Å²) in [5.41, 5.74) is 0.